The monoisotopic (exact) mass is 350 g/mol. The van der Waals surface area contributed by atoms with Crippen LogP contribution in [0.1, 0.15) is 48.4 Å². The molecule has 0 saturated heterocycles. The summed E-state index contributed by atoms with van der Waals surface area (Å²) in [4.78, 5) is 0. The standard InChI is InChI=1S/C24H27Si.Li/c1-5-17(2)22-16-24(21-13-9-8-12-20(21)22)25(3,4)23-15-14-18-10-6-7-11-19(18)23;/h6-17,23H,5H2,1-4H3;/q-1;+1. The number of benzene rings is 2. The van der Waals surface area contributed by atoms with Gasteiger partial charge in [0, 0.05) is 8.07 Å². The second-order valence-electron chi connectivity index (χ2n) is 8.06. The van der Waals surface area contributed by atoms with Crippen molar-refractivity contribution in [2.45, 2.75) is 44.8 Å². The summed E-state index contributed by atoms with van der Waals surface area (Å²) in [5.74, 6) is 0.620. The van der Waals surface area contributed by atoms with E-state index >= 15 is 0 Å². The molecule has 3 aromatic rings. The molecular formula is C24H27LiSi. The van der Waals surface area contributed by atoms with E-state index in [0.29, 0.717) is 11.5 Å². The fourth-order valence-corrected chi connectivity index (χ4v) is 7.88. The van der Waals surface area contributed by atoms with Crippen LogP contribution in [0.2, 0.25) is 13.1 Å². The molecule has 0 radical (unpaired) electrons. The van der Waals surface area contributed by atoms with Crippen LogP contribution in [0, 0.1) is 0 Å². The second kappa shape index (κ2) is 7.32. The van der Waals surface area contributed by atoms with Crippen LogP contribution >= 0.6 is 0 Å². The van der Waals surface area contributed by atoms with Crippen LogP contribution in [0.5, 0.6) is 0 Å². The molecule has 0 N–H and O–H groups in total. The molecular weight excluding hydrogens is 323 g/mol. The zero-order chi connectivity index (χ0) is 17.6. The van der Waals surface area contributed by atoms with E-state index in [1.54, 1.807) is 10.8 Å². The third-order valence-corrected chi connectivity index (χ3v) is 10.1. The predicted molar refractivity (Wildman–Crippen MR) is 114 cm³/mol. The molecule has 2 unspecified atom stereocenters. The van der Waals surface area contributed by atoms with Crippen LogP contribution in [-0.2, 0) is 0 Å². The Balaban J connectivity index is 0.00000196. The molecule has 0 spiro atoms. The average molecular weight is 351 g/mol. The van der Waals surface area contributed by atoms with E-state index in [4.69, 9.17) is 0 Å². The van der Waals surface area contributed by atoms with Gasteiger partial charge in [0.25, 0.3) is 0 Å². The Hall–Kier alpha value is -1.40. The van der Waals surface area contributed by atoms with Crippen molar-refractivity contribution in [3.05, 3.63) is 77.4 Å². The minimum Gasteiger partial charge on any atom is -0.150 e. The third kappa shape index (κ3) is 2.97. The predicted octanol–water partition coefficient (Wildman–Crippen LogP) is 3.34. The van der Waals surface area contributed by atoms with Gasteiger partial charge >= 0.3 is 18.9 Å². The normalized spacial score (nSPS) is 17.2. The van der Waals surface area contributed by atoms with Gasteiger partial charge in [0.2, 0.25) is 0 Å². The Bertz CT molecular complexity index is 948. The molecule has 1 aliphatic rings. The molecule has 128 valence electrons. The van der Waals surface area contributed by atoms with Crippen molar-refractivity contribution < 1.29 is 18.9 Å². The van der Waals surface area contributed by atoms with E-state index in [1.165, 1.54) is 28.3 Å². The van der Waals surface area contributed by atoms with Gasteiger partial charge < -0.3 is 0 Å². The molecule has 1 aliphatic carbocycles. The fraction of sp³-hybridized carbons (Fsp3) is 0.292. The molecule has 2 heteroatoms. The molecule has 0 bridgehead atoms. The maximum absolute atomic E-state index is 2.56. The van der Waals surface area contributed by atoms with E-state index < -0.39 is 8.07 Å². The Morgan fingerprint density at radius 3 is 2.50 bits per heavy atom. The molecule has 0 saturated carbocycles. The van der Waals surface area contributed by atoms with Crippen LogP contribution < -0.4 is 24.0 Å². The molecule has 2 atom stereocenters. The summed E-state index contributed by atoms with van der Waals surface area (Å²) in [6.45, 7) is 9.76. The van der Waals surface area contributed by atoms with Crippen LogP contribution in [0.15, 0.2) is 60.7 Å². The quantitative estimate of drug-likeness (QED) is 0.500. The Morgan fingerprint density at radius 1 is 1.04 bits per heavy atom. The molecule has 26 heavy (non-hydrogen) atoms. The van der Waals surface area contributed by atoms with Gasteiger partial charge in [-0.05, 0) is 16.7 Å². The first-order valence-corrected chi connectivity index (χ1v) is 12.6. The van der Waals surface area contributed by atoms with E-state index in [9.17, 15) is 0 Å². The molecule has 0 aliphatic heterocycles. The summed E-state index contributed by atoms with van der Waals surface area (Å²) in [6.07, 6.45) is 5.98. The first kappa shape index (κ1) is 19.4. The number of allylic oxidation sites excluding steroid dienone is 1. The summed E-state index contributed by atoms with van der Waals surface area (Å²) in [5.41, 5.74) is 5.05. The van der Waals surface area contributed by atoms with Crippen LogP contribution in [0.4, 0.5) is 0 Å². The number of fused-ring (bicyclic) bond motifs is 2. The smallest absolute Gasteiger partial charge is 0.150 e. The minimum atomic E-state index is -1.69. The van der Waals surface area contributed by atoms with Crippen molar-refractivity contribution in [2.24, 2.45) is 0 Å². The number of hydrogen-bond donors (Lipinski definition) is 0. The number of rotatable bonds is 4. The summed E-state index contributed by atoms with van der Waals surface area (Å²) >= 11 is 0. The van der Waals surface area contributed by atoms with Gasteiger partial charge in [-0.1, -0.05) is 81.8 Å². The van der Waals surface area contributed by atoms with Gasteiger partial charge in [0.15, 0.2) is 0 Å². The van der Waals surface area contributed by atoms with Crippen LogP contribution in [0.3, 0.4) is 0 Å². The van der Waals surface area contributed by atoms with Crippen molar-refractivity contribution in [1.29, 1.82) is 0 Å². The molecule has 3 aromatic carbocycles. The van der Waals surface area contributed by atoms with Gasteiger partial charge in [-0.15, -0.1) is 40.2 Å². The summed E-state index contributed by atoms with van der Waals surface area (Å²) in [7, 11) is -1.69. The maximum atomic E-state index is 2.56. The zero-order valence-electron chi connectivity index (χ0n) is 16.7. The first-order valence-electron chi connectivity index (χ1n) is 9.50. The largest absolute Gasteiger partial charge is 1.00 e. The van der Waals surface area contributed by atoms with Crippen molar-refractivity contribution in [2.75, 3.05) is 0 Å². The van der Waals surface area contributed by atoms with E-state index in [0.717, 1.165) is 0 Å². The Morgan fingerprint density at radius 2 is 1.73 bits per heavy atom. The first-order chi connectivity index (χ1) is 12.0. The zero-order valence-corrected chi connectivity index (χ0v) is 17.7. The summed E-state index contributed by atoms with van der Waals surface area (Å²) < 4.78 is 0. The maximum Gasteiger partial charge on any atom is 1.00 e. The van der Waals surface area contributed by atoms with Gasteiger partial charge in [0.05, 0.1) is 0 Å². The number of hydrogen-bond acceptors (Lipinski definition) is 0. The fourth-order valence-electron chi connectivity index (χ4n) is 4.49. The topological polar surface area (TPSA) is 0 Å². The molecule has 0 fully saturated rings. The van der Waals surface area contributed by atoms with Crippen molar-refractivity contribution in [1.82, 2.24) is 0 Å². The second-order valence-corrected chi connectivity index (χ2v) is 12.7. The van der Waals surface area contributed by atoms with Gasteiger partial charge in [0.1, 0.15) is 0 Å². The average Bonchev–Trinajstić information content (AvgIpc) is 3.23. The van der Waals surface area contributed by atoms with E-state index in [2.05, 4.69) is 93.7 Å². The molecule has 0 heterocycles. The van der Waals surface area contributed by atoms with Gasteiger partial charge in [-0.2, -0.15) is 5.56 Å². The molecule has 0 nitrogen and oxygen atoms in total. The van der Waals surface area contributed by atoms with Crippen LogP contribution in [0.25, 0.3) is 16.8 Å². The van der Waals surface area contributed by atoms with Crippen molar-refractivity contribution in [3.63, 3.8) is 0 Å². The van der Waals surface area contributed by atoms with Crippen molar-refractivity contribution >= 4 is 30.1 Å². The summed E-state index contributed by atoms with van der Waals surface area (Å²) in [5, 5.41) is 4.60. The van der Waals surface area contributed by atoms with Crippen LogP contribution in [-0.4, -0.2) is 8.07 Å². The third-order valence-electron chi connectivity index (χ3n) is 6.24. The summed E-state index contributed by atoms with van der Waals surface area (Å²) in [6, 6.07) is 20.5. The Labute approximate surface area is 170 Å². The van der Waals surface area contributed by atoms with E-state index in [-0.39, 0.29) is 18.9 Å². The molecule has 0 aromatic heterocycles. The molecule has 0 amide bonds. The Kier molecular flexibility index (Phi) is 5.45. The van der Waals surface area contributed by atoms with Crippen molar-refractivity contribution in [3.8, 4) is 0 Å². The van der Waals surface area contributed by atoms with E-state index in [1.807, 2.05) is 0 Å². The minimum absolute atomic E-state index is 0. The SMILES string of the molecule is CCC(C)c1c[c-]([Si](C)(C)C2C=Cc3ccccc32)c2ccccc12.[Li+]. The van der Waals surface area contributed by atoms with Gasteiger partial charge in [-0.25, -0.2) is 0 Å². The molecule has 4 rings (SSSR count). The van der Waals surface area contributed by atoms with Gasteiger partial charge in [-0.3, -0.25) is 0 Å².